The number of carbonyl (C=O) groups excluding carboxylic acids is 1. The molecule has 1 heterocycles. The Bertz CT molecular complexity index is 937. The molecule has 0 aromatic rings. The van der Waals surface area contributed by atoms with Crippen molar-refractivity contribution in [1.29, 1.82) is 0 Å². The van der Waals surface area contributed by atoms with Gasteiger partial charge in [-0.3, -0.25) is 4.79 Å². The van der Waals surface area contributed by atoms with Crippen LogP contribution in [-0.2, 0) is 14.3 Å². The van der Waals surface area contributed by atoms with Gasteiger partial charge in [0, 0.05) is 6.42 Å². The van der Waals surface area contributed by atoms with E-state index in [-0.39, 0.29) is 18.9 Å². The van der Waals surface area contributed by atoms with Crippen molar-refractivity contribution in [3.63, 3.8) is 0 Å². The zero-order valence-electron chi connectivity index (χ0n) is 37.4. The van der Waals surface area contributed by atoms with E-state index < -0.39 is 55.6 Å². The summed E-state index contributed by atoms with van der Waals surface area (Å²) in [6.07, 6.45) is 33.6. The topological polar surface area (TPSA) is 169 Å². The summed E-state index contributed by atoms with van der Waals surface area (Å²) in [7, 11) is 0. The molecule has 1 fully saturated rings. The van der Waals surface area contributed by atoms with Gasteiger partial charge < -0.3 is 45.4 Å². The summed E-state index contributed by atoms with van der Waals surface area (Å²) >= 11 is 0. The van der Waals surface area contributed by atoms with E-state index in [1.54, 1.807) is 0 Å². The minimum Gasteiger partial charge on any atom is -0.394 e. The van der Waals surface area contributed by atoms with Gasteiger partial charge in [-0.25, -0.2) is 0 Å². The number of amides is 1. The van der Waals surface area contributed by atoms with E-state index in [1.165, 1.54) is 148 Å². The highest BCUT2D eigenvalue weighted by Crippen LogP contribution is 2.23. The Balaban J connectivity index is 2.32. The molecular formula is C48H93NO9. The number of aliphatic hydroxyl groups excluding tert-OH is 6. The molecule has 1 amide bonds. The van der Waals surface area contributed by atoms with Gasteiger partial charge >= 0.3 is 0 Å². The molecule has 0 radical (unpaired) electrons. The van der Waals surface area contributed by atoms with E-state index in [9.17, 15) is 35.4 Å². The summed E-state index contributed by atoms with van der Waals surface area (Å²) in [5.74, 6) is -0.257. The van der Waals surface area contributed by atoms with Crippen LogP contribution in [0.4, 0.5) is 0 Å². The number of allylic oxidation sites excluding steroid dienone is 2. The smallest absolute Gasteiger partial charge is 0.220 e. The van der Waals surface area contributed by atoms with Crippen molar-refractivity contribution in [2.45, 2.75) is 275 Å². The molecule has 0 unspecified atom stereocenters. The molecule has 1 aliphatic rings. The van der Waals surface area contributed by atoms with Crippen LogP contribution in [0.5, 0.6) is 0 Å². The highest BCUT2D eigenvalue weighted by Gasteiger charge is 2.44. The number of rotatable bonds is 41. The van der Waals surface area contributed by atoms with E-state index >= 15 is 0 Å². The summed E-state index contributed by atoms with van der Waals surface area (Å²) in [6, 6.07) is -0.987. The second-order valence-electron chi connectivity index (χ2n) is 17.4. The first-order chi connectivity index (χ1) is 28.3. The van der Waals surface area contributed by atoms with Gasteiger partial charge in [-0.2, -0.15) is 0 Å². The van der Waals surface area contributed by atoms with Crippen molar-refractivity contribution in [1.82, 2.24) is 5.32 Å². The van der Waals surface area contributed by atoms with Crippen molar-refractivity contribution < 1.29 is 44.9 Å². The highest BCUT2D eigenvalue weighted by atomic mass is 16.7. The molecule has 7 N–H and O–H groups in total. The maximum absolute atomic E-state index is 13.0. The number of ether oxygens (including phenoxy) is 2. The lowest BCUT2D eigenvalue weighted by atomic mass is 9.98. The number of aliphatic hydroxyl groups is 6. The molecule has 0 aromatic heterocycles. The standard InChI is InChI=1S/C48H93NO9/c1-3-5-7-9-11-13-15-17-18-19-20-21-22-23-24-25-27-29-31-33-35-37-43(52)49-40(39-57-48-47(56)46(55)45(54)42(38-50)58-48)44(53)41(51)36-34-32-30-28-26-16-14-12-10-8-6-4-2/h17-18,40-42,44-48,50-51,53-56H,3-16,19-39H2,1-2H3,(H,49,52)/b18-17-/t40-,41+,42+,44-,45-,46-,47+,48-/m0/s1. The second-order valence-corrected chi connectivity index (χ2v) is 17.4. The molecule has 0 aliphatic carbocycles. The van der Waals surface area contributed by atoms with Crippen molar-refractivity contribution in [2.75, 3.05) is 13.2 Å². The third kappa shape index (κ3) is 28.4. The molecule has 10 nitrogen and oxygen atoms in total. The fourth-order valence-corrected chi connectivity index (χ4v) is 7.96. The van der Waals surface area contributed by atoms with E-state index in [0.29, 0.717) is 6.42 Å². The zero-order valence-corrected chi connectivity index (χ0v) is 37.4. The number of unbranched alkanes of at least 4 members (excludes halogenated alkanes) is 28. The number of carbonyl (C=O) groups is 1. The largest absolute Gasteiger partial charge is 0.394 e. The van der Waals surface area contributed by atoms with Crippen LogP contribution in [0, 0.1) is 0 Å². The minimum atomic E-state index is -1.60. The Morgan fingerprint density at radius 3 is 1.45 bits per heavy atom. The van der Waals surface area contributed by atoms with Gasteiger partial charge in [0.25, 0.3) is 0 Å². The molecule has 58 heavy (non-hydrogen) atoms. The lowest BCUT2D eigenvalue weighted by molar-refractivity contribution is -0.303. The molecule has 1 rings (SSSR count). The SMILES string of the molecule is CCCCCCCC/C=C\CCCCCCCCCCCCCC(=O)N[C@@H](CO[C@H]1O[C@H](CO)[C@H](O)[C@H](O)[C@H]1O)[C@H](O)[C@H](O)CCCCCCCCCCCCCC. The fraction of sp³-hybridized carbons (Fsp3) is 0.938. The van der Waals surface area contributed by atoms with Crippen LogP contribution < -0.4 is 5.32 Å². The maximum atomic E-state index is 13.0. The molecule has 1 aliphatic heterocycles. The fourth-order valence-electron chi connectivity index (χ4n) is 7.96. The summed E-state index contributed by atoms with van der Waals surface area (Å²) < 4.78 is 11.2. The summed E-state index contributed by atoms with van der Waals surface area (Å²) in [4.78, 5) is 13.0. The van der Waals surface area contributed by atoms with Crippen LogP contribution in [-0.4, -0.2) is 98.7 Å². The number of hydrogen-bond acceptors (Lipinski definition) is 9. The Morgan fingerprint density at radius 1 is 0.586 bits per heavy atom. The van der Waals surface area contributed by atoms with E-state index in [2.05, 4.69) is 31.3 Å². The third-order valence-corrected chi connectivity index (χ3v) is 12.0. The predicted molar refractivity (Wildman–Crippen MR) is 237 cm³/mol. The van der Waals surface area contributed by atoms with E-state index in [0.717, 1.165) is 51.4 Å². The van der Waals surface area contributed by atoms with Crippen LogP contribution in [0.25, 0.3) is 0 Å². The van der Waals surface area contributed by atoms with Gasteiger partial charge in [-0.1, -0.05) is 193 Å². The van der Waals surface area contributed by atoms with Crippen LogP contribution in [0.15, 0.2) is 12.2 Å². The van der Waals surface area contributed by atoms with Crippen molar-refractivity contribution in [2.24, 2.45) is 0 Å². The Morgan fingerprint density at radius 2 is 1.00 bits per heavy atom. The first-order valence-corrected chi connectivity index (χ1v) is 24.5. The maximum Gasteiger partial charge on any atom is 0.220 e. The van der Waals surface area contributed by atoms with E-state index in [1.807, 2.05) is 0 Å². The normalized spacial score (nSPS) is 21.4. The molecule has 344 valence electrons. The highest BCUT2D eigenvalue weighted by molar-refractivity contribution is 5.76. The molecular weight excluding hydrogens is 735 g/mol. The number of nitrogens with one attached hydrogen (secondary N) is 1. The predicted octanol–water partition coefficient (Wildman–Crippen LogP) is 9.48. The average Bonchev–Trinajstić information content (AvgIpc) is 3.22. The monoisotopic (exact) mass is 828 g/mol. The lowest BCUT2D eigenvalue weighted by Crippen LogP contribution is -2.60. The molecule has 0 bridgehead atoms. The van der Waals surface area contributed by atoms with Crippen LogP contribution in [0.2, 0.25) is 0 Å². The Hall–Kier alpha value is -1.11. The molecule has 10 heteroatoms. The van der Waals surface area contributed by atoms with Crippen LogP contribution >= 0.6 is 0 Å². The summed E-state index contributed by atoms with van der Waals surface area (Å²) in [5.41, 5.74) is 0. The number of hydrogen-bond donors (Lipinski definition) is 7. The third-order valence-electron chi connectivity index (χ3n) is 12.0. The van der Waals surface area contributed by atoms with Crippen molar-refractivity contribution in [3.05, 3.63) is 12.2 Å². The first-order valence-electron chi connectivity index (χ1n) is 24.5. The van der Waals surface area contributed by atoms with Gasteiger partial charge in [0.15, 0.2) is 6.29 Å². The summed E-state index contributed by atoms with van der Waals surface area (Å²) in [5, 5.41) is 65.2. The average molecular weight is 828 g/mol. The summed E-state index contributed by atoms with van der Waals surface area (Å²) in [6.45, 7) is 3.61. The molecule has 0 aromatic carbocycles. The van der Waals surface area contributed by atoms with Gasteiger partial charge in [-0.05, 0) is 38.5 Å². The molecule has 8 atom stereocenters. The van der Waals surface area contributed by atoms with Crippen molar-refractivity contribution >= 4 is 5.91 Å². The second kappa shape index (κ2) is 38.8. The quantitative estimate of drug-likeness (QED) is 0.0235. The van der Waals surface area contributed by atoms with Gasteiger partial charge in [-0.15, -0.1) is 0 Å². The molecule has 0 spiro atoms. The van der Waals surface area contributed by atoms with Crippen LogP contribution in [0.1, 0.15) is 226 Å². The molecule has 0 saturated carbocycles. The molecule has 1 saturated heterocycles. The Kier molecular flexibility index (Phi) is 36.7. The first kappa shape index (κ1) is 54.9. The van der Waals surface area contributed by atoms with Gasteiger partial charge in [0.05, 0.1) is 25.4 Å². The van der Waals surface area contributed by atoms with Gasteiger partial charge in [0.2, 0.25) is 5.91 Å². The van der Waals surface area contributed by atoms with E-state index in [4.69, 9.17) is 9.47 Å². The van der Waals surface area contributed by atoms with Crippen molar-refractivity contribution in [3.8, 4) is 0 Å². The Labute approximate surface area is 355 Å². The minimum absolute atomic E-state index is 0.257. The van der Waals surface area contributed by atoms with Gasteiger partial charge in [0.1, 0.15) is 30.5 Å². The zero-order chi connectivity index (χ0) is 42.5. The lowest BCUT2D eigenvalue weighted by Gasteiger charge is -2.40. The van der Waals surface area contributed by atoms with Crippen LogP contribution in [0.3, 0.4) is 0 Å².